The highest BCUT2D eigenvalue weighted by Crippen LogP contribution is 2.17. The SMILES string of the molecule is O=C(COc1ccc(C(=O)c2ccccc2)cc1)OCCOC(=O)COc1ccc(C(=O)c2ccccc2)cc1. The van der Waals surface area contributed by atoms with E-state index < -0.39 is 11.9 Å². The Morgan fingerprint density at radius 1 is 0.425 bits per heavy atom. The number of benzene rings is 4. The van der Waals surface area contributed by atoms with Crippen molar-refractivity contribution in [1.82, 2.24) is 0 Å². The number of ether oxygens (including phenoxy) is 4. The van der Waals surface area contributed by atoms with Crippen LogP contribution < -0.4 is 9.47 Å². The number of carbonyl (C=O) groups is 4. The summed E-state index contributed by atoms with van der Waals surface area (Å²) in [5, 5.41) is 0. The van der Waals surface area contributed by atoms with Crippen molar-refractivity contribution in [3.63, 3.8) is 0 Å². The Labute approximate surface area is 231 Å². The smallest absolute Gasteiger partial charge is 0.344 e. The molecular weight excluding hydrogens is 512 g/mol. The molecule has 0 atom stereocenters. The number of ketones is 2. The van der Waals surface area contributed by atoms with E-state index >= 15 is 0 Å². The van der Waals surface area contributed by atoms with Gasteiger partial charge in [0.15, 0.2) is 24.8 Å². The molecule has 0 aromatic heterocycles. The summed E-state index contributed by atoms with van der Waals surface area (Å²) >= 11 is 0. The van der Waals surface area contributed by atoms with Crippen molar-refractivity contribution in [3.8, 4) is 11.5 Å². The summed E-state index contributed by atoms with van der Waals surface area (Å²) in [5.41, 5.74) is 2.17. The second-order valence-electron chi connectivity index (χ2n) is 8.46. The van der Waals surface area contributed by atoms with Gasteiger partial charge in [-0.25, -0.2) is 9.59 Å². The number of hydrogen-bond acceptors (Lipinski definition) is 8. The molecule has 0 saturated carbocycles. The van der Waals surface area contributed by atoms with Crippen LogP contribution >= 0.6 is 0 Å². The van der Waals surface area contributed by atoms with Gasteiger partial charge in [0.1, 0.15) is 24.7 Å². The van der Waals surface area contributed by atoms with Crippen LogP contribution in [0, 0.1) is 0 Å². The summed E-state index contributed by atoms with van der Waals surface area (Å²) in [5.74, 6) is -0.687. The predicted molar refractivity (Wildman–Crippen MR) is 146 cm³/mol. The highest BCUT2D eigenvalue weighted by Gasteiger charge is 2.11. The molecule has 0 amide bonds. The van der Waals surface area contributed by atoms with Crippen LogP contribution in [0.2, 0.25) is 0 Å². The molecule has 0 spiro atoms. The molecule has 0 aliphatic rings. The maximum absolute atomic E-state index is 12.4. The van der Waals surface area contributed by atoms with Crippen LogP contribution in [0.4, 0.5) is 0 Å². The van der Waals surface area contributed by atoms with Crippen LogP contribution in [0.15, 0.2) is 109 Å². The molecule has 8 heteroatoms. The highest BCUT2D eigenvalue weighted by molar-refractivity contribution is 6.09. The molecule has 202 valence electrons. The Balaban J connectivity index is 1.10. The molecule has 0 aliphatic carbocycles. The summed E-state index contributed by atoms with van der Waals surface area (Å²) in [6.45, 7) is -0.971. The van der Waals surface area contributed by atoms with Gasteiger partial charge in [-0.2, -0.15) is 0 Å². The second-order valence-corrected chi connectivity index (χ2v) is 8.46. The standard InChI is InChI=1S/C32H26O8/c33-29(21-39-27-15-11-25(12-16-27)31(35)23-7-3-1-4-8-23)37-19-20-38-30(34)22-40-28-17-13-26(14-18-28)32(36)24-9-5-2-6-10-24/h1-18H,19-22H2. The zero-order valence-corrected chi connectivity index (χ0v) is 21.5. The van der Waals surface area contributed by atoms with Gasteiger partial charge in [0.25, 0.3) is 0 Å². The van der Waals surface area contributed by atoms with Crippen molar-refractivity contribution < 1.29 is 38.1 Å². The second kappa shape index (κ2) is 14.1. The summed E-state index contributed by atoms with van der Waals surface area (Å²) in [7, 11) is 0. The van der Waals surface area contributed by atoms with Crippen molar-refractivity contribution >= 4 is 23.5 Å². The van der Waals surface area contributed by atoms with E-state index in [9.17, 15) is 19.2 Å². The summed E-state index contributed by atoms with van der Waals surface area (Å²) in [6, 6.07) is 30.7. The van der Waals surface area contributed by atoms with Crippen LogP contribution in [0.1, 0.15) is 31.8 Å². The lowest BCUT2D eigenvalue weighted by atomic mass is 10.0. The average molecular weight is 539 g/mol. The number of esters is 2. The first-order valence-electron chi connectivity index (χ1n) is 12.5. The van der Waals surface area contributed by atoms with E-state index in [1.54, 1.807) is 97.1 Å². The molecule has 4 rings (SSSR count). The minimum atomic E-state index is -0.637. The van der Waals surface area contributed by atoms with Gasteiger partial charge in [0.2, 0.25) is 0 Å². The number of hydrogen-bond donors (Lipinski definition) is 0. The third-order valence-electron chi connectivity index (χ3n) is 5.63. The van der Waals surface area contributed by atoms with Gasteiger partial charge in [0, 0.05) is 22.3 Å². The minimum absolute atomic E-state index is 0.111. The molecule has 0 N–H and O–H groups in total. The first-order chi connectivity index (χ1) is 19.5. The van der Waals surface area contributed by atoms with Crippen molar-refractivity contribution in [1.29, 1.82) is 0 Å². The van der Waals surface area contributed by atoms with E-state index in [1.807, 2.05) is 12.1 Å². The minimum Gasteiger partial charge on any atom is -0.482 e. The van der Waals surface area contributed by atoms with Crippen LogP contribution in [-0.2, 0) is 19.1 Å². The normalized spacial score (nSPS) is 10.3. The van der Waals surface area contributed by atoms with Crippen molar-refractivity contribution in [2.75, 3.05) is 26.4 Å². The summed E-state index contributed by atoms with van der Waals surface area (Å²) in [4.78, 5) is 48.7. The first-order valence-corrected chi connectivity index (χ1v) is 12.5. The zero-order valence-electron chi connectivity index (χ0n) is 21.5. The summed E-state index contributed by atoms with van der Waals surface area (Å²) < 4.78 is 20.8. The van der Waals surface area contributed by atoms with Crippen molar-refractivity contribution in [2.45, 2.75) is 0 Å². The van der Waals surface area contributed by atoms with E-state index in [0.29, 0.717) is 33.8 Å². The third-order valence-corrected chi connectivity index (χ3v) is 5.63. The zero-order chi connectivity index (χ0) is 28.2. The molecule has 4 aromatic rings. The lowest BCUT2D eigenvalue weighted by Gasteiger charge is -2.09. The molecule has 0 aliphatic heterocycles. The Hall–Kier alpha value is -5.24. The fourth-order valence-electron chi connectivity index (χ4n) is 3.60. The van der Waals surface area contributed by atoms with Crippen LogP contribution in [0.3, 0.4) is 0 Å². The highest BCUT2D eigenvalue weighted by atomic mass is 16.6. The fourth-order valence-corrected chi connectivity index (χ4v) is 3.60. The number of carbonyl (C=O) groups excluding carboxylic acids is 4. The number of rotatable bonds is 13. The summed E-state index contributed by atoms with van der Waals surface area (Å²) in [6.07, 6.45) is 0. The van der Waals surface area contributed by atoms with Gasteiger partial charge in [0.05, 0.1) is 0 Å². The predicted octanol–water partition coefficient (Wildman–Crippen LogP) is 4.69. The van der Waals surface area contributed by atoms with Gasteiger partial charge in [-0.3, -0.25) is 9.59 Å². The molecule has 40 heavy (non-hydrogen) atoms. The van der Waals surface area contributed by atoms with Gasteiger partial charge >= 0.3 is 11.9 Å². The third kappa shape index (κ3) is 8.13. The molecule has 8 nitrogen and oxygen atoms in total. The average Bonchev–Trinajstić information content (AvgIpc) is 3.01. The topological polar surface area (TPSA) is 105 Å². The molecule has 0 fully saturated rings. The van der Waals surface area contributed by atoms with Gasteiger partial charge in [-0.05, 0) is 48.5 Å². The van der Waals surface area contributed by atoms with Crippen LogP contribution in [0.25, 0.3) is 0 Å². The maximum Gasteiger partial charge on any atom is 0.344 e. The van der Waals surface area contributed by atoms with E-state index in [1.165, 1.54) is 0 Å². The fraction of sp³-hybridized carbons (Fsp3) is 0.125. The first kappa shape index (κ1) is 27.8. The quantitative estimate of drug-likeness (QED) is 0.137. The monoisotopic (exact) mass is 538 g/mol. The molecule has 4 aromatic carbocycles. The van der Waals surface area contributed by atoms with Gasteiger partial charge < -0.3 is 18.9 Å². The molecule has 0 unspecified atom stereocenters. The van der Waals surface area contributed by atoms with Crippen LogP contribution in [-0.4, -0.2) is 49.9 Å². The molecule has 0 radical (unpaired) electrons. The van der Waals surface area contributed by atoms with E-state index in [-0.39, 0.29) is 38.0 Å². The Bertz CT molecular complexity index is 1320. The van der Waals surface area contributed by atoms with Gasteiger partial charge in [-0.1, -0.05) is 60.7 Å². The Morgan fingerprint density at radius 2 is 0.750 bits per heavy atom. The van der Waals surface area contributed by atoms with Crippen LogP contribution in [0.5, 0.6) is 11.5 Å². The largest absolute Gasteiger partial charge is 0.482 e. The maximum atomic E-state index is 12.4. The Morgan fingerprint density at radius 3 is 1.10 bits per heavy atom. The van der Waals surface area contributed by atoms with E-state index in [4.69, 9.17) is 18.9 Å². The lowest BCUT2D eigenvalue weighted by Crippen LogP contribution is -2.21. The van der Waals surface area contributed by atoms with E-state index in [2.05, 4.69) is 0 Å². The Kier molecular flexibility index (Phi) is 9.77. The van der Waals surface area contributed by atoms with Crippen molar-refractivity contribution in [3.05, 3.63) is 131 Å². The van der Waals surface area contributed by atoms with E-state index in [0.717, 1.165) is 0 Å². The molecule has 0 bridgehead atoms. The van der Waals surface area contributed by atoms with Gasteiger partial charge in [-0.15, -0.1) is 0 Å². The molecular formula is C32H26O8. The molecule has 0 heterocycles. The molecule has 0 saturated heterocycles. The lowest BCUT2D eigenvalue weighted by molar-refractivity contribution is -0.154. The van der Waals surface area contributed by atoms with Crippen molar-refractivity contribution in [2.24, 2.45) is 0 Å².